The van der Waals surface area contributed by atoms with Crippen molar-refractivity contribution < 1.29 is 4.79 Å². The van der Waals surface area contributed by atoms with Gasteiger partial charge in [-0.25, -0.2) is 4.98 Å². The zero-order valence-corrected chi connectivity index (χ0v) is 20.6. The average molecular weight is 502 g/mol. The summed E-state index contributed by atoms with van der Waals surface area (Å²) in [6.45, 7) is 0. The van der Waals surface area contributed by atoms with Crippen molar-refractivity contribution in [2.75, 3.05) is 5.73 Å². The first-order valence-corrected chi connectivity index (χ1v) is 12.6. The van der Waals surface area contributed by atoms with Crippen LogP contribution < -0.4 is 11.5 Å². The molecule has 6 nitrogen and oxygen atoms in total. The third-order valence-electron chi connectivity index (χ3n) is 6.64. The Morgan fingerprint density at radius 2 is 1.35 bits per heavy atom. The number of carbonyl (C=O) groups excluding carboxylic acids is 1. The highest BCUT2D eigenvalue weighted by Crippen LogP contribution is 2.42. The van der Waals surface area contributed by atoms with Crippen molar-refractivity contribution in [3.05, 3.63) is 138 Å². The van der Waals surface area contributed by atoms with Crippen molar-refractivity contribution in [3.63, 3.8) is 0 Å². The smallest absolute Gasteiger partial charge is 0.251 e. The molecule has 0 bridgehead atoms. The van der Waals surface area contributed by atoms with E-state index < -0.39 is 11.4 Å². The van der Waals surface area contributed by atoms with E-state index in [0.717, 1.165) is 31.8 Å². The second-order valence-corrected chi connectivity index (χ2v) is 9.81. The zero-order valence-electron chi connectivity index (χ0n) is 19.8. The lowest BCUT2D eigenvalue weighted by molar-refractivity contribution is 0.100. The molecule has 0 aliphatic rings. The van der Waals surface area contributed by atoms with E-state index >= 15 is 0 Å². The Labute approximate surface area is 217 Å². The summed E-state index contributed by atoms with van der Waals surface area (Å²) in [4.78, 5) is 17.1. The Balaban J connectivity index is 1.60. The molecule has 7 heteroatoms. The maximum atomic E-state index is 12.0. The molecule has 0 fully saturated rings. The van der Waals surface area contributed by atoms with Gasteiger partial charge in [0.25, 0.3) is 5.91 Å². The monoisotopic (exact) mass is 501 g/mol. The summed E-state index contributed by atoms with van der Waals surface area (Å²) in [5.74, 6) is -0.167. The average Bonchev–Trinajstić information content (AvgIpc) is 3.60. The van der Waals surface area contributed by atoms with Crippen molar-refractivity contribution in [2.24, 2.45) is 5.73 Å². The minimum atomic E-state index is -0.711. The highest BCUT2D eigenvalue weighted by molar-refractivity contribution is 7.22. The minimum absolute atomic E-state index is 0.361. The van der Waals surface area contributed by atoms with E-state index in [-0.39, 0.29) is 0 Å². The SMILES string of the molecule is NC(=O)c1cnc(N)c2cc(-c3cnn(C(c4ccccc4)(c4ccccc4)c4ccccc4)c3)sc12. The van der Waals surface area contributed by atoms with E-state index in [2.05, 4.69) is 41.4 Å². The number of nitrogens with zero attached hydrogens (tertiary/aromatic N) is 3. The molecular formula is C30H23N5OS. The van der Waals surface area contributed by atoms with E-state index in [9.17, 15) is 4.79 Å². The fourth-order valence-electron chi connectivity index (χ4n) is 4.93. The topological polar surface area (TPSA) is 99.8 Å². The molecule has 3 aromatic carbocycles. The predicted octanol–water partition coefficient (Wildman–Crippen LogP) is 5.68. The van der Waals surface area contributed by atoms with Gasteiger partial charge in [-0.05, 0) is 22.8 Å². The molecule has 0 saturated carbocycles. The highest BCUT2D eigenvalue weighted by atomic mass is 32.1. The van der Waals surface area contributed by atoms with Gasteiger partial charge in [-0.2, -0.15) is 5.10 Å². The number of pyridine rings is 1. The number of nitrogen functional groups attached to an aromatic ring is 1. The van der Waals surface area contributed by atoms with Gasteiger partial charge in [0.05, 0.1) is 16.5 Å². The van der Waals surface area contributed by atoms with Crippen molar-refractivity contribution in [2.45, 2.75) is 5.54 Å². The Morgan fingerprint density at radius 3 is 1.86 bits per heavy atom. The first-order chi connectivity index (χ1) is 18.1. The molecule has 0 aliphatic carbocycles. The zero-order chi connectivity index (χ0) is 25.4. The summed E-state index contributed by atoms with van der Waals surface area (Å²) in [7, 11) is 0. The molecule has 0 atom stereocenters. The summed E-state index contributed by atoms with van der Waals surface area (Å²) >= 11 is 1.46. The number of nitrogens with two attached hydrogens (primary N) is 2. The van der Waals surface area contributed by atoms with Gasteiger partial charge in [0, 0.05) is 28.2 Å². The molecular weight excluding hydrogens is 478 g/mol. The van der Waals surface area contributed by atoms with Gasteiger partial charge < -0.3 is 11.5 Å². The molecule has 1 amide bonds. The van der Waals surface area contributed by atoms with E-state index in [1.54, 1.807) is 0 Å². The molecule has 0 spiro atoms. The minimum Gasteiger partial charge on any atom is -0.383 e. The fraction of sp³-hybridized carbons (Fsp3) is 0.0333. The molecule has 3 aromatic heterocycles. The molecule has 0 unspecified atom stereocenters. The maximum absolute atomic E-state index is 12.0. The number of fused-ring (bicyclic) bond motifs is 1. The lowest BCUT2D eigenvalue weighted by Crippen LogP contribution is -2.38. The van der Waals surface area contributed by atoms with E-state index in [1.165, 1.54) is 17.5 Å². The summed E-state index contributed by atoms with van der Waals surface area (Å²) < 4.78 is 2.74. The second-order valence-electron chi connectivity index (χ2n) is 8.76. The van der Waals surface area contributed by atoms with Crippen LogP contribution in [-0.2, 0) is 5.54 Å². The fourth-order valence-corrected chi connectivity index (χ4v) is 6.09. The number of benzene rings is 3. The third-order valence-corrected chi connectivity index (χ3v) is 7.85. The molecule has 180 valence electrons. The Bertz CT molecular complexity index is 1610. The second kappa shape index (κ2) is 9.04. The standard InChI is InChI=1S/C30H23N5OS/c31-28-24-16-26(37-27(24)25(18-33-28)29(32)36)20-17-34-35(19-20)30(21-10-4-1-5-11-21,22-12-6-2-7-13-22)23-14-8-3-9-15-23/h1-19H,(H2,31,33)(H2,32,36). The number of carbonyl (C=O) groups is 1. The first kappa shape index (κ1) is 22.7. The quantitative estimate of drug-likeness (QED) is 0.287. The van der Waals surface area contributed by atoms with E-state index in [4.69, 9.17) is 16.6 Å². The summed E-state index contributed by atoms with van der Waals surface area (Å²) in [5, 5.41) is 5.64. The molecule has 6 rings (SSSR count). The lowest BCUT2D eigenvalue weighted by Gasteiger charge is -2.36. The normalized spacial score (nSPS) is 11.6. The van der Waals surface area contributed by atoms with Crippen LogP contribution >= 0.6 is 11.3 Å². The van der Waals surface area contributed by atoms with Crippen LogP contribution in [0.5, 0.6) is 0 Å². The molecule has 0 saturated heterocycles. The summed E-state index contributed by atoms with van der Waals surface area (Å²) in [5.41, 5.74) is 15.6. The molecule has 3 heterocycles. The van der Waals surface area contributed by atoms with Crippen molar-refractivity contribution >= 4 is 33.1 Å². The van der Waals surface area contributed by atoms with Crippen LogP contribution in [-0.4, -0.2) is 20.7 Å². The largest absolute Gasteiger partial charge is 0.383 e. The van der Waals surface area contributed by atoms with Crippen LogP contribution in [0.25, 0.3) is 20.5 Å². The number of hydrogen-bond acceptors (Lipinski definition) is 5. The van der Waals surface area contributed by atoms with Crippen LogP contribution in [0.1, 0.15) is 27.0 Å². The van der Waals surface area contributed by atoms with Crippen LogP contribution in [0.3, 0.4) is 0 Å². The van der Waals surface area contributed by atoms with E-state index in [1.807, 2.05) is 77.7 Å². The van der Waals surface area contributed by atoms with Gasteiger partial charge >= 0.3 is 0 Å². The highest BCUT2D eigenvalue weighted by Gasteiger charge is 2.39. The number of primary amides is 1. The molecule has 0 aliphatic heterocycles. The Kier molecular flexibility index (Phi) is 5.54. The number of rotatable bonds is 6. The van der Waals surface area contributed by atoms with Gasteiger partial charge in [-0.3, -0.25) is 9.48 Å². The van der Waals surface area contributed by atoms with Crippen LogP contribution in [0.4, 0.5) is 5.82 Å². The molecule has 4 N–H and O–H groups in total. The number of aromatic nitrogens is 3. The number of hydrogen-bond donors (Lipinski definition) is 2. The van der Waals surface area contributed by atoms with Gasteiger partial charge in [0.1, 0.15) is 11.4 Å². The maximum Gasteiger partial charge on any atom is 0.251 e. The van der Waals surface area contributed by atoms with Crippen molar-refractivity contribution in [1.29, 1.82) is 0 Å². The third kappa shape index (κ3) is 3.68. The van der Waals surface area contributed by atoms with Gasteiger partial charge in [0.2, 0.25) is 0 Å². The number of amides is 1. The number of anilines is 1. The lowest BCUT2D eigenvalue weighted by atomic mass is 9.77. The van der Waals surface area contributed by atoms with Gasteiger partial charge in [0.15, 0.2) is 0 Å². The van der Waals surface area contributed by atoms with Crippen LogP contribution in [0, 0.1) is 0 Å². The van der Waals surface area contributed by atoms with E-state index in [0.29, 0.717) is 16.8 Å². The van der Waals surface area contributed by atoms with Crippen LogP contribution in [0.15, 0.2) is 116 Å². The van der Waals surface area contributed by atoms with Gasteiger partial charge in [-0.15, -0.1) is 11.3 Å². The first-order valence-electron chi connectivity index (χ1n) is 11.8. The molecule has 0 radical (unpaired) electrons. The summed E-state index contributed by atoms with van der Waals surface area (Å²) in [6.07, 6.45) is 5.34. The van der Waals surface area contributed by atoms with Crippen molar-refractivity contribution in [3.8, 4) is 10.4 Å². The predicted molar refractivity (Wildman–Crippen MR) is 148 cm³/mol. The van der Waals surface area contributed by atoms with Crippen LogP contribution in [0.2, 0.25) is 0 Å². The molecule has 6 aromatic rings. The Morgan fingerprint density at radius 1 is 0.811 bits per heavy atom. The van der Waals surface area contributed by atoms with Gasteiger partial charge in [-0.1, -0.05) is 91.0 Å². The molecule has 37 heavy (non-hydrogen) atoms. The summed E-state index contributed by atoms with van der Waals surface area (Å²) in [6, 6.07) is 33.1. The van der Waals surface area contributed by atoms with Crippen molar-refractivity contribution in [1.82, 2.24) is 14.8 Å². The Hall–Kier alpha value is -4.75. The number of thiophene rings is 1.